The van der Waals surface area contributed by atoms with Crippen LogP contribution in [0.25, 0.3) is 0 Å². The lowest BCUT2D eigenvalue weighted by Gasteiger charge is -2.27. The lowest BCUT2D eigenvalue weighted by Crippen LogP contribution is -2.45. The van der Waals surface area contributed by atoms with E-state index in [0.717, 1.165) is 5.56 Å². The van der Waals surface area contributed by atoms with Gasteiger partial charge in [0.05, 0.1) is 6.10 Å². The Morgan fingerprint density at radius 2 is 1.33 bits per heavy atom. The lowest BCUT2D eigenvalue weighted by molar-refractivity contribution is -0.305. The zero-order valence-corrected chi connectivity index (χ0v) is 11.5. The highest BCUT2D eigenvalue weighted by molar-refractivity contribution is 5.25. The number of rotatable bonds is 4. The predicted molar refractivity (Wildman–Crippen MR) is 65.8 cm³/mol. The molecule has 0 amide bonds. The maximum atomic E-state index is 12.5. The van der Waals surface area contributed by atoms with E-state index in [-0.39, 0.29) is 11.5 Å². The maximum absolute atomic E-state index is 12.5. The molecule has 1 nitrogen and oxygen atoms in total. The number of aliphatic hydroxyl groups excluding tert-OH is 1. The summed E-state index contributed by atoms with van der Waals surface area (Å²) in [5.74, 6) is -3.54. The van der Waals surface area contributed by atoms with Crippen molar-refractivity contribution in [2.75, 3.05) is 0 Å². The third-order valence-corrected chi connectivity index (χ3v) is 3.18. The van der Waals surface area contributed by atoms with Crippen LogP contribution in [0.3, 0.4) is 0 Å². The standard InChI is InChI=1S/C14H16F6O/c1-8(2)10-5-3-9(4-6-10)7-11(21)12(13(15,16)17)14(18,19)20/h3-6,8,11-12,21H,7H2,1-2H3. The molecule has 0 aliphatic heterocycles. The molecule has 21 heavy (non-hydrogen) atoms. The van der Waals surface area contributed by atoms with Crippen LogP contribution in [-0.4, -0.2) is 23.6 Å². The summed E-state index contributed by atoms with van der Waals surface area (Å²) in [6.07, 6.45) is -14.3. The first kappa shape index (κ1) is 17.8. The van der Waals surface area contributed by atoms with Gasteiger partial charge in [0.2, 0.25) is 0 Å². The van der Waals surface area contributed by atoms with Crippen LogP contribution in [0.5, 0.6) is 0 Å². The smallest absolute Gasteiger partial charge is 0.392 e. The van der Waals surface area contributed by atoms with Crippen molar-refractivity contribution >= 4 is 0 Å². The minimum atomic E-state index is -5.53. The molecule has 0 spiro atoms. The zero-order valence-electron chi connectivity index (χ0n) is 11.5. The molecule has 0 saturated carbocycles. The fraction of sp³-hybridized carbons (Fsp3) is 0.571. The fourth-order valence-corrected chi connectivity index (χ4v) is 2.02. The van der Waals surface area contributed by atoms with Crippen LogP contribution in [0.15, 0.2) is 24.3 Å². The van der Waals surface area contributed by atoms with Crippen molar-refractivity contribution in [1.82, 2.24) is 0 Å². The highest BCUT2D eigenvalue weighted by Gasteiger charge is 2.59. The van der Waals surface area contributed by atoms with Crippen molar-refractivity contribution < 1.29 is 31.4 Å². The Kier molecular flexibility index (Phi) is 5.30. The van der Waals surface area contributed by atoms with E-state index >= 15 is 0 Å². The Balaban J connectivity index is 2.89. The normalized spacial score (nSPS) is 14.8. The highest BCUT2D eigenvalue weighted by atomic mass is 19.4. The monoisotopic (exact) mass is 314 g/mol. The molecule has 1 atom stereocenters. The average Bonchev–Trinajstić information content (AvgIpc) is 2.25. The molecule has 1 aromatic carbocycles. The van der Waals surface area contributed by atoms with Gasteiger partial charge in [0.1, 0.15) is 0 Å². The summed E-state index contributed by atoms with van der Waals surface area (Å²) in [6.45, 7) is 3.82. The molecular weight excluding hydrogens is 298 g/mol. The minimum Gasteiger partial charge on any atom is -0.392 e. The number of hydrogen-bond donors (Lipinski definition) is 1. The fourth-order valence-electron chi connectivity index (χ4n) is 2.02. The van der Waals surface area contributed by atoms with Gasteiger partial charge in [-0.2, -0.15) is 26.3 Å². The molecule has 1 aromatic rings. The van der Waals surface area contributed by atoms with Crippen LogP contribution in [0.2, 0.25) is 0 Å². The number of halogens is 6. The predicted octanol–water partition coefficient (Wildman–Crippen LogP) is 4.45. The Morgan fingerprint density at radius 1 is 0.905 bits per heavy atom. The quantitative estimate of drug-likeness (QED) is 0.814. The molecule has 0 radical (unpaired) electrons. The summed E-state index contributed by atoms with van der Waals surface area (Å²) in [5.41, 5.74) is 1.14. The van der Waals surface area contributed by atoms with Crippen molar-refractivity contribution in [3.8, 4) is 0 Å². The second-order valence-electron chi connectivity index (χ2n) is 5.23. The molecule has 0 aliphatic rings. The van der Waals surface area contributed by atoms with Gasteiger partial charge in [-0.15, -0.1) is 0 Å². The van der Waals surface area contributed by atoms with Crippen LogP contribution >= 0.6 is 0 Å². The van der Waals surface area contributed by atoms with Crippen molar-refractivity contribution in [1.29, 1.82) is 0 Å². The largest absolute Gasteiger partial charge is 0.403 e. The summed E-state index contributed by atoms with van der Waals surface area (Å²) in [6, 6.07) is 6.12. The topological polar surface area (TPSA) is 20.2 Å². The zero-order chi connectivity index (χ0) is 16.4. The third-order valence-electron chi connectivity index (χ3n) is 3.18. The first-order valence-electron chi connectivity index (χ1n) is 6.33. The van der Waals surface area contributed by atoms with Crippen molar-refractivity contribution in [2.24, 2.45) is 5.92 Å². The molecule has 1 N–H and O–H groups in total. The Bertz CT molecular complexity index is 432. The summed E-state index contributed by atoms with van der Waals surface area (Å²) < 4.78 is 74.8. The van der Waals surface area contributed by atoms with Crippen LogP contribution in [0.1, 0.15) is 30.9 Å². The van der Waals surface area contributed by atoms with Gasteiger partial charge in [-0.3, -0.25) is 0 Å². The van der Waals surface area contributed by atoms with Gasteiger partial charge in [0.15, 0.2) is 5.92 Å². The van der Waals surface area contributed by atoms with E-state index in [2.05, 4.69) is 0 Å². The van der Waals surface area contributed by atoms with Gasteiger partial charge in [-0.05, 0) is 23.5 Å². The minimum absolute atomic E-state index is 0.196. The van der Waals surface area contributed by atoms with E-state index < -0.39 is 30.8 Å². The van der Waals surface area contributed by atoms with E-state index in [1.807, 2.05) is 13.8 Å². The number of hydrogen-bond acceptors (Lipinski definition) is 1. The summed E-state index contributed by atoms with van der Waals surface area (Å²) in [5, 5.41) is 9.37. The van der Waals surface area contributed by atoms with Crippen molar-refractivity contribution in [3.63, 3.8) is 0 Å². The summed E-state index contributed by atoms with van der Waals surface area (Å²) in [4.78, 5) is 0. The van der Waals surface area contributed by atoms with Crippen LogP contribution < -0.4 is 0 Å². The molecule has 120 valence electrons. The molecule has 7 heteroatoms. The van der Waals surface area contributed by atoms with Gasteiger partial charge < -0.3 is 5.11 Å². The molecule has 0 heterocycles. The Hall–Kier alpha value is -1.24. The van der Waals surface area contributed by atoms with Crippen molar-refractivity contribution in [2.45, 2.75) is 44.6 Å². The lowest BCUT2D eigenvalue weighted by atomic mass is 9.93. The second-order valence-corrected chi connectivity index (χ2v) is 5.23. The van der Waals surface area contributed by atoms with E-state index in [1.54, 1.807) is 12.1 Å². The molecule has 0 saturated heterocycles. The Morgan fingerprint density at radius 3 is 1.67 bits per heavy atom. The van der Waals surface area contributed by atoms with E-state index in [9.17, 15) is 31.4 Å². The van der Waals surface area contributed by atoms with Crippen LogP contribution in [-0.2, 0) is 6.42 Å². The molecule has 0 fully saturated rings. The van der Waals surface area contributed by atoms with Crippen LogP contribution in [0.4, 0.5) is 26.3 Å². The summed E-state index contributed by atoms with van der Waals surface area (Å²) >= 11 is 0. The average molecular weight is 314 g/mol. The maximum Gasteiger partial charge on any atom is 0.403 e. The number of alkyl halides is 6. The van der Waals surface area contributed by atoms with E-state index in [0.29, 0.717) is 0 Å². The number of aliphatic hydroxyl groups is 1. The van der Waals surface area contributed by atoms with E-state index in [4.69, 9.17) is 0 Å². The van der Waals surface area contributed by atoms with Gasteiger partial charge in [0.25, 0.3) is 0 Å². The molecular formula is C14H16F6O. The SMILES string of the molecule is CC(C)c1ccc(CC(O)C(C(F)(F)F)C(F)(F)F)cc1. The third kappa shape index (κ3) is 4.91. The summed E-state index contributed by atoms with van der Waals surface area (Å²) in [7, 11) is 0. The van der Waals surface area contributed by atoms with E-state index in [1.165, 1.54) is 12.1 Å². The van der Waals surface area contributed by atoms with Gasteiger partial charge >= 0.3 is 12.4 Å². The van der Waals surface area contributed by atoms with Gasteiger partial charge in [0, 0.05) is 0 Å². The first-order valence-corrected chi connectivity index (χ1v) is 6.33. The molecule has 0 aromatic heterocycles. The van der Waals surface area contributed by atoms with Crippen molar-refractivity contribution in [3.05, 3.63) is 35.4 Å². The second kappa shape index (κ2) is 6.25. The number of benzene rings is 1. The Labute approximate surface area is 118 Å². The molecule has 0 bridgehead atoms. The molecule has 0 aliphatic carbocycles. The highest BCUT2D eigenvalue weighted by Crippen LogP contribution is 2.42. The van der Waals surface area contributed by atoms with Crippen LogP contribution in [0, 0.1) is 5.92 Å². The van der Waals surface area contributed by atoms with Gasteiger partial charge in [-0.25, -0.2) is 0 Å². The molecule has 1 unspecified atom stereocenters. The van der Waals surface area contributed by atoms with Gasteiger partial charge in [-0.1, -0.05) is 38.1 Å². The molecule has 1 rings (SSSR count). The first-order chi connectivity index (χ1) is 9.43.